The summed E-state index contributed by atoms with van der Waals surface area (Å²) in [5.74, 6) is 2.17. The lowest BCUT2D eigenvalue weighted by Crippen LogP contribution is -2.57. The van der Waals surface area contributed by atoms with Gasteiger partial charge in [0.05, 0.1) is 5.41 Å². The fourth-order valence-corrected chi connectivity index (χ4v) is 8.74. The molecule has 0 amide bonds. The number of hydrogen-bond donors (Lipinski definition) is 0. The molecule has 1 aliphatic heterocycles. The number of rotatable bonds is 6. The molecule has 3 aromatic rings. The predicted molar refractivity (Wildman–Crippen MR) is 151 cm³/mol. The van der Waals surface area contributed by atoms with Crippen molar-refractivity contribution in [3.63, 3.8) is 0 Å². The fraction of sp³-hybridized carbons (Fsp3) is 0.471. The Bertz CT molecular complexity index is 1530. The summed E-state index contributed by atoms with van der Waals surface area (Å²) in [7, 11) is 0. The summed E-state index contributed by atoms with van der Waals surface area (Å²) in [6, 6.07) is 14.5. The van der Waals surface area contributed by atoms with E-state index in [2.05, 4.69) is 32.0 Å². The van der Waals surface area contributed by atoms with Crippen LogP contribution in [0, 0.1) is 44.9 Å². The van der Waals surface area contributed by atoms with Gasteiger partial charge in [0.15, 0.2) is 18.1 Å². The van der Waals surface area contributed by atoms with Crippen LogP contribution >= 0.6 is 0 Å². The fourth-order valence-electron chi connectivity index (χ4n) is 8.74. The number of ketones is 1. The normalized spacial score (nSPS) is 27.7. The SMILES string of the molecule is Cc1ccc(C23CC4CC(CC(C(=O)OCC(=O)c5cc(C)n(-c6ccc7c(c6)OCO7)c5C)(C4)C2)C3)cc1C. The number of benzene rings is 2. The minimum absolute atomic E-state index is 0.0428. The Hall–Kier alpha value is -3.54. The van der Waals surface area contributed by atoms with Crippen molar-refractivity contribution >= 4 is 11.8 Å². The zero-order valence-corrected chi connectivity index (χ0v) is 23.8. The Kier molecular flexibility index (Phi) is 5.71. The number of ether oxygens (including phenoxy) is 3. The molecule has 1 aromatic heterocycles. The standard InChI is InChI=1S/C34H37NO5/c1-20-5-6-26(9-21(20)2)33-13-24-11-25(14-33)16-34(15-24,18-33)32(37)38-17-29(36)28-10-22(3)35(23(28)4)27-7-8-30-31(12-27)40-19-39-30/h5-10,12,24-25H,11,13-19H2,1-4H3. The molecule has 8 rings (SSSR count). The topological polar surface area (TPSA) is 66.8 Å². The number of carbonyl (C=O) groups is 2. The second kappa shape index (κ2) is 8.98. The van der Waals surface area contributed by atoms with Crippen molar-refractivity contribution < 1.29 is 23.8 Å². The van der Waals surface area contributed by atoms with Gasteiger partial charge in [-0.2, -0.15) is 0 Å². The molecule has 5 aliphatic rings. The van der Waals surface area contributed by atoms with E-state index in [9.17, 15) is 9.59 Å². The largest absolute Gasteiger partial charge is 0.457 e. The zero-order chi connectivity index (χ0) is 27.8. The molecule has 4 bridgehead atoms. The van der Waals surface area contributed by atoms with Gasteiger partial charge in [-0.15, -0.1) is 0 Å². The predicted octanol–water partition coefficient (Wildman–Crippen LogP) is 6.70. The van der Waals surface area contributed by atoms with Crippen molar-refractivity contribution in [2.45, 2.75) is 71.6 Å². The molecular weight excluding hydrogens is 502 g/mol. The third kappa shape index (κ3) is 3.90. The van der Waals surface area contributed by atoms with E-state index in [1.165, 1.54) is 23.1 Å². The van der Waals surface area contributed by atoms with Crippen LogP contribution in [-0.4, -0.2) is 29.7 Å². The number of Topliss-reactive ketones (excluding diaryl/α,β-unsaturated/α-hetero) is 1. The molecule has 0 saturated heterocycles. The van der Waals surface area contributed by atoms with Crippen molar-refractivity contribution in [1.29, 1.82) is 0 Å². The highest BCUT2D eigenvalue weighted by molar-refractivity contribution is 5.99. The lowest BCUT2D eigenvalue weighted by molar-refractivity contribution is -0.172. The third-order valence-electron chi connectivity index (χ3n) is 10.3. The van der Waals surface area contributed by atoms with Crippen LogP contribution in [-0.2, 0) is 14.9 Å². The van der Waals surface area contributed by atoms with Gasteiger partial charge in [-0.25, -0.2) is 0 Å². The van der Waals surface area contributed by atoms with Crippen LogP contribution in [0.1, 0.15) is 77.0 Å². The number of fused-ring (bicyclic) bond motifs is 1. The molecule has 2 atom stereocenters. The summed E-state index contributed by atoms with van der Waals surface area (Å²) in [6.07, 6.45) is 6.15. The Labute approximate surface area is 235 Å². The first-order valence-electron chi connectivity index (χ1n) is 14.5. The first-order valence-corrected chi connectivity index (χ1v) is 14.5. The van der Waals surface area contributed by atoms with E-state index in [-0.39, 0.29) is 30.6 Å². The second-order valence-electron chi connectivity index (χ2n) is 13.0. The van der Waals surface area contributed by atoms with Crippen molar-refractivity contribution in [1.82, 2.24) is 4.57 Å². The number of esters is 1. The molecule has 2 unspecified atom stereocenters. The summed E-state index contributed by atoms with van der Waals surface area (Å²) >= 11 is 0. The number of hydrogen-bond acceptors (Lipinski definition) is 5. The molecule has 0 N–H and O–H groups in total. The van der Waals surface area contributed by atoms with Gasteiger partial charge >= 0.3 is 5.97 Å². The van der Waals surface area contributed by atoms with Gasteiger partial charge < -0.3 is 18.8 Å². The molecular formula is C34H37NO5. The van der Waals surface area contributed by atoms with E-state index in [0.717, 1.165) is 54.9 Å². The highest BCUT2D eigenvalue weighted by atomic mass is 16.7. The van der Waals surface area contributed by atoms with E-state index in [1.807, 2.05) is 42.7 Å². The Morgan fingerprint density at radius 1 is 0.900 bits per heavy atom. The zero-order valence-electron chi connectivity index (χ0n) is 23.8. The number of nitrogens with zero attached hydrogens (tertiary/aromatic N) is 1. The molecule has 2 aromatic carbocycles. The van der Waals surface area contributed by atoms with Gasteiger partial charge in [0.25, 0.3) is 0 Å². The van der Waals surface area contributed by atoms with E-state index in [4.69, 9.17) is 14.2 Å². The van der Waals surface area contributed by atoms with Crippen LogP contribution in [0.25, 0.3) is 5.69 Å². The molecule has 208 valence electrons. The Morgan fingerprint density at radius 2 is 1.65 bits per heavy atom. The van der Waals surface area contributed by atoms with Gasteiger partial charge in [0.1, 0.15) is 0 Å². The van der Waals surface area contributed by atoms with Gasteiger partial charge in [-0.05, 0) is 118 Å². The number of carbonyl (C=O) groups excluding carboxylic acids is 2. The van der Waals surface area contributed by atoms with Crippen LogP contribution in [0.4, 0.5) is 0 Å². The van der Waals surface area contributed by atoms with Crippen LogP contribution < -0.4 is 9.47 Å². The van der Waals surface area contributed by atoms with Crippen molar-refractivity contribution in [3.05, 3.63) is 76.1 Å². The van der Waals surface area contributed by atoms with Crippen molar-refractivity contribution in [2.75, 3.05) is 13.4 Å². The first kappa shape index (κ1) is 25.4. The maximum atomic E-state index is 13.8. The number of aryl methyl sites for hydroxylation is 3. The molecule has 0 spiro atoms. The van der Waals surface area contributed by atoms with Crippen LogP contribution in [0.15, 0.2) is 42.5 Å². The lowest BCUT2D eigenvalue weighted by Gasteiger charge is -2.61. The highest BCUT2D eigenvalue weighted by Crippen LogP contribution is 2.66. The third-order valence-corrected chi connectivity index (χ3v) is 10.3. The molecule has 6 heteroatoms. The van der Waals surface area contributed by atoms with Crippen molar-refractivity contribution in [3.8, 4) is 17.2 Å². The van der Waals surface area contributed by atoms with Gasteiger partial charge in [0, 0.05) is 28.7 Å². The summed E-state index contributed by atoms with van der Waals surface area (Å²) in [5.41, 5.74) is 6.80. The van der Waals surface area contributed by atoms with Crippen molar-refractivity contribution in [2.24, 2.45) is 17.3 Å². The lowest BCUT2D eigenvalue weighted by atomic mass is 9.43. The van der Waals surface area contributed by atoms with E-state index >= 15 is 0 Å². The summed E-state index contributed by atoms with van der Waals surface area (Å²) < 4.78 is 18.9. The summed E-state index contributed by atoms with van der Waals surface area (Å²) in [4.78, 5) is 27.2. The summed E-state index contributed by atoms with van der Waals surface area (Å²) in [6.45, 7) is 8.23. The minimum atomic E-state index is -0.480. The maximum absolute atomic E-state index is 13.8. The molecule has 0 radical (unpaired) electrons. The van der Waals surface area contributed by atoms with E-state index < -0.39 is 5.41 Å². The quantitative estimate of drug-likeness (QED) is 0.257. The van der Waals surface area contributed by atoms with Gasteiger partial charge in [0.2, 0.25) is 12.6 Å². The summed E-state index contributed by atoms with van der Waals surface area (Å²) in [5, 5.41) is 0. The highest BCUT2D eigenvalue weighted by Gasteiger charge is 2.61. The maximum Gasteiger partial charge on any atom is 0.312 e. The van der Waals surface area contributed by atoms with Gasteiger partial charge in [-0.1, -0.05) is 18.2 Å². The average molecular weight is 540 g/mol. The molecule has 6 nitrogen and oxygen atoms in total. The van der Waals surface area contributed by atoms with Crippen LogP contribution in [0.3, 0.4) is 0 Å². The van der Waals surface area contributed by atoms with E-state index in [0.29, 0.717) is 23.1 Å². The Balaban J connectivity index is 1.10. The molecule has 4 saturated carbocycles. The number of aromatic nitrogens is 1. The van der Waals surface area contributed by atoms with Gasteiger partial charge in [-0.3, -0.25) is 9.59 Å². The molecule has 4 fully saturated rings. The van der Waals surface area contributed by atoms with Crippen LogP contribution in [0.5, 0.6) is 11.5 Å². The smallest absolute Gasteiger partial charge is 0.312 e. The van der Waals surface area contributed by atoms with E-state index in [1.54, 1.807) is 0 Å². The first-order chi connectivity index (χ1) is 19.2. The molecule has 40 heavy (non-hydrogen) atoms. The van der Waals surface area contributed by atoms with Crippen LogP contribution in [0.2, 0.25) is 0 Å². The minimum Gasteiger partial charge on any atom is -0.457 e. The molecule has 4 aliphatic carbocycles. The molecule has 2 heterocycles. The monoisotopic (exact) mass is 539 g/mol. The second-order valence-corrected chi connectivity index (χ2v) is 13.0. The average Bonchev–Trinajstić information content (AvgIpc) is 3.50. The Morgan fingerprint density at radius 3 is 2.40 bits per heavy atom.